The molecule has 1 heterocycles. The largest absolute Gasteiger partial charge is 0.497 e. The lowest BCUT2D eigenvalue weighted by atomic mass is 10.2. The first-order chi connectivity index (χ1) is 8.28. The van der Waals surface area contributed by atoms with Crippen LogP contribution in [0.25, 0.3) is 0 Å². The molecule has 0 fully saturated rings. The lowest BCUT2D eigenvalue weighted by Gasteiger charge is -2.35. The van der Waals surface area contributed by atoms with Gasteiger partial charge in [0.1, 0.15) is 17.6 Å². The Kier molecular flexibility index (Phi) is 3.54. The molecule has 2 rings (SSSR count). The van der Waals surface area contributed by atoms with E-state index in [1.54, 1.807) is 7.11 Å². The molecule has 0 aromatic heterocycles. The fourth-order valence-corrected chi connectivity index (χ4v) is 1.96. The highest BCUT2D eigenvalue weighted by atomic mass is 16.5. The predicted octanol–water partition coefficient (Wildman–Crippen LogP) is 1.44. The SMILES string of the molecule is C=CCN1CC(CO)Oc2cc(OC)ccc21. The normalized spacial score (nSPS) is 18.2. The van der Waals surface area contributed by atoms with E-state index in [1.165, 1.54) is 0 Å². The van der Waals surface area contributed by atoms with Gasteiger partial charge in [-0.1, -0.05) is 6.08 Å². The first-order valence-electron chi connectivity index (χ1n) is 5.60. The summed E-state index contributed by atoms with van der Waals surface area (Å²) in [6.45, 7) is 5.15. The molecule has 0 saturated carbocycles. The van der Waals surface area contributed by atoms with Crippen molar-refractivity contribution in [2.75, 3.05) is 31.7 Å². The average Bonchev–Trinajstić information content (AvgIpc) is 2.38. The fraction of sp³-hybridized carbons (Fsp3) is 0.385. The number of ether oxygens (including phenoxy) is 2. The van der Waals surface area contributed by atoms with Crippen LogP contribution in [0.3, 0.4) is 0 Å². The second-order valence-corrected chi connectivity index (χ2v) is 3.95. The van der Waals surface area contributed by atoms with E-state index >= 15 is 0 Å². The maximum Gasteiger partial charge on any atom is 0.146 e. The van der Waals surface area contributed by atoms with Crippen LogP contribution in [-0.4, -0.2) is 38.0 Å². The molecule has 0 aliphatic carbocycles. The van der Waals surface area contributed by atoms with Gasteiger partial charge in [0.2, 0.25) is 0 Å². The van der Waals surface area contributed by atoms with E-state index in [1.807, 2.05) is 24.3 Å². The minimum Gasteiger partial charge on any atom is -0.497 e. The Morgan fingerprint density at radius 1 is 1.65 bits per heavy atom. The van der Waals surface area contributed by atoms with Crippen LogP contribution in [0.2, 0.25) is 0 Å². The fourth-order valence-electron chi connectivity index (χ4n) is 1.96. The summed E-state index contributed by atoms with van der Waals surface area (Å²) >= 11 is 0. The monoisotopic (exact) mass is 235 g/mol. The van der Waals surface area contributed by atoms with Crippen molar-refractivity contribution in [2.24, 2.45) is 0 Å². The van der Waals surface area contributed by atoms with E-state index < -0.39 is 0 Å². The molecule has 1 aliphatic heterocycles. The van der Waals surface area contributed by atoms with Gasteiger partial charge in [0.15, 0.2) is 0 Å². The zero-order valence-electron chi connectivity index (χ0n) is 9.93. The van der Waals surface area contributed by atoms with Crippen molar-refractivity contribution in [3.63, 3.8) is 0 Å². The Balaban J connectivity index is 2.33. The van der Waals surface area contributed by atoms with Gasteiger partial charge in [0.05, 0.1) is 25.9 Å². The van der Waals surface area contributed by atoms with Crippen LogP contribution in [0.4, 0.5) is 5.69 Å². The van der Waals surface area contributed by atoms with Gasteiger partial charge in [-0.2, -0.15) is 0 Å². The Morgan fingerprint density at radius 3 is 3.12 bits per heavy atom. The third-order valence-corrected chi connectivity index (χ3v) is 2.78. The van der Waals surface area contributed by atoms with E-state index in [9.17, 15) is 5.11 Å². The van der Waals surface area contributed by atoms with Crippen molar-refractivity contribution in [2.45, 2.75) is 6.10 Å². The Hall–Kier alpha value is -1.68. The van der Waals surface area contributed by atoms with Gasteiger partial charge in [-0.25, -0.2) is 0 Å². The molecule has 17 heavy (non-hydrogen) atoms. The number of fused-ring (bicyclic) bond motifs is 1. The minimum atomic E-state index is -0.199. The number of rotatable bonds is 4. The first kappa shape index (κ1) is 11.8. The van der Waals surface area contributed by atoms with Crippen molar-refractivity contribution in [1.82, 2.24) is 0 Å². The lowest BCUT2D eigenvalue weighted by molar-refractivity contribution is 0.112. The summed E-state index contributed by atoms with van der Waals surface area (Å²) in [7, 11) is 1.62. The van der Waals surface area contributed by atoms with Gasteiger partial charge in [-0.15, -0.1) is 6.58 Å². The van der Waals surface area contributed by atoms with Crippen LogP contribution in [0.15, 0.2) is 30.9 Å². The molecule has 1 aromatic rings. The lowest BCUT2D eigenvalue weighted by Crippen LogP contribution is -2.42. The second kappa shape index (κ2) is 5.10. The van der Waals surface area contributed by atoms with Crippen molar-refractivity contribution >= 4 is 5.69 Å². The predicted molar refractivity (Wildman–Crippen MR) is 66.9 cm³/mol. The summed E-state index contributed by atoms with van der Waals surface area (Å²) in [5.74, 6) is 1.50. The highest BCUT2D eigenvalue weighted by Crippen LogP contribution is 2.36. The summed E-state index contributed by atoms with van der Waals surface area (Å²) in [5, 5.41) is 9.22. The number of benzene rings is 1. The molecule has 92 valence electrons. The number of hydrogen-bond donors (Lipinski definition) is 1. The summed E-state index contributed by atoms with van der Waals surface area (Å²) < 4.78 is 10.9. The molecule has 4 heteroatoms. The minimum absolute atomic E-state index is 0.00426. The Labute approximate surface area is 101 Å². The third kappa shape index (κ3) is 2.36. The standard InChI is InChI=1S/C13H17NO3/c1-3-6-14-8-11(9-15)17-13-7-10(16-2)4-5-12(13)14/h3-5,7,11,15H,1,6,8-9H2,2H3. The number of nitrogens with zero attached hydrogens (tertiary/aromatic N) is 1. The van der Waals surface area contributed by atoms with Crippen molar-refractivity contribution in [3.8, 4) is 11.5 Å². The Morgan fingerprint density at radius 2 is 2.47 bits per heavy atom. The van der Waals surface area contributed by atoms with Gasteiger partial charge in [-0.3, -0.25) is 0 Å². The molecule has 1 aliphatic rings. The number of methoxy groups -OCH3 is 1. The van der Waals surface area contributed by atoms with Crippen LogP contribution < -0.4 is 14.4 Å². The van der Waals surface area contributed by atoms with E-state index in [0.29, 0.717) is 6.54 Å². The Bertz CT molecular complexity index is 406. The van der Waals surface area contributed by atoms with Crippen LogP contribution in [0.5, 0.6) is 11.5 Å². The maximum absolute atomic E-state index is 9.22. The summed E-state index contributed by atoms with van der Waals surface area (Å²) in [4.78, 5) is 2.13. The zero-order valence-corrected chi connectivity index (χ0v) is 9.93. The summed E-state index contributed by atoms with van der Waals surface area (Å²) in [6.07, 6.45) is 1.64. The van der Waals surface area contributed by atoms with E-state index in [-0.39, 0.29) is 12.7 Å². The molecular weight excluding hydrogens is 218 g/mol. The number of hydrogen-bond acceptors (Lipinski definition) is 4. The van der Waals surface area contributed by atoms with E-state index in [2.05, 4.69) is 11.5 Å². The number of anilines is 1. The van der Waals surface area contributed by atoms with Gasteiger partial charge in [0.25, 0.3) is 0 Å². The smallest absolute Gasteiger partial charge is 0.146 e. The van der Waals surface area contributed by atoms with Crippen molar-refractivity contribution in [1.29, 1.82) is 0 Å². The number of aliphatic hydroxyl groups is 1. The van der Waals surface area contributed by atoms with Crippen molar-refractivity contribution in [3.05, 3.63) is 30.9 Å². The van der Waals surface area contributed by atoms with Gasteiger partial charge < -0.3 is 19.5 Å². The van der Waals surface area contributed by atoms with Gasteiger partial charge >= 0.3 is 0 Å². The van der Waals surface area contributed by atoms with Crippen molar-refractivity contribution < 1.29 is 14.6 Å². The highest BCUT2D eigenvalue weighted by Gasteiger charge is 2.24. The molecule has 0 amide bonds. The highest BCUT2D eigenvalue weighted by molar-refractivity contribution is 5.62. The molecule has 1 N–H and O–H groups in total. The molecule has 4 nitrogen and oxygen atoms in total. The molecule has 1 atom stereocenters. The molecule has 1 unspecified atom stereocenters. The average molecular weight is 235 g/mol. The topological polar surface area (TPSA) is 41.9 Å². The molecule has 0 spiro atoms. The quantitative estimate of drug-likeness (QED) is 0.802. The van der Waals surface area contributed by atoms with Gasteiger partial charge in [-0.05, 0) is 12.1 Å². The molecule has 0 radical (unpaired) electrons. The molecule has 1 aromatic carbocycles. The van der Waals surface area contributed by atoms with Gasteiger partial charge in [0, 0.05) is 12.6 Å². The second-order valence-electron chi connectivity index (χ2n) is 3.95. The first-order valence-corrected chi connectivity index (χ1v) is 5.60. The molecule has 0 saturated heterocycles. The zero-order chi connectivity index (χ0) is 12.3. The summed E-state index contributed by atoms with van der Waals surface area (Å²) in [6, 6.07) is 5.70. The van der Waals surface area contributed by atoms with E-state index in [4.69, 9.17) is 9.47 Å². The molecular formula is C13H17NO3. The van der Waals surface area contributed by atoms with Crippen LogP contribution in [-0.2, 0) is 0 Å². The van der Waals surface area contributed by atoms with Crippen LogP contribution in [0.1, 0.15) is 0 Å². The molecule has 0 bridgehead atoms. The van der Waals surface area contributed by atoms with Crippen LogP contribution in [0, 0.1) is 0 Å². The van der Waals surface area contributed by atoms with Crippen LogP contribution >= 0.6 is 0 Å². The summed E-state index contributed by atoms with van der Waals surface area (Å²) in [5.41, 5.74) is 1.01. The number of aliphatic hydroxyl groups excluding tert-OH is 1. The third-order valence-electron chi connectivity index (χ3n) is 2.78. The maximum atomic E-state index is 9.22. The van der Waals surface area contributed by atoms with E-state index in [0.717, 1.165) is 23.7 Å².